The molecule has 0 bridgehead atoms. The average molecular weight is 228 g/mol. The van der Waals surface area contributed by atoms with Crippen LogP contribution in [0.15, 0.2) is 0 Å². The maximum absolute atomic E-state index is 3.53. The monoisotopic (exact) mass is 228 g/mol. The summed E-state index contributed by atoms with van der Waals surface area (Å²) in [7, 11) is 2.26. The third kappa shape index (κ3) is 5.86. The molecule has 0 saturated carbocycles. The molecule has 0 heterocycles. The lowest BCUT2D eigenvalue weighted by molar-refractivity contribution is 0.142. The van der Waals surface area contributed by atoms with E-state index in [2.05, 4.69) is 58.8 Å². The van der Waals surface area contributed by atoms with Crippen LogP contribution in [-0.2, 0) is 0 Å². The first-order chi connectivity index (χ1) is 7.40. The molecule has 98 valence electrons. The molecule has 0 fully saturated rings. The Hall–Kier alpha value is -0.0800. The van der Waals surface area contributed by atoms with Gasteiger partial charge in [-0.05, 0) is 39.8 Å². The second kappa shape index (κ2) is 8.08. The molecule has 0 aliphatic rings. The van der Waals surface area contributed by atoms with Gasteiger partial charge in [-0.2, -0.15) is 0 Å². The minimum atomic E-state index is 0.591. The highest BCUT2D eigenvalue weighted by atomic mass is 15.2. The van der Waals surface area contributed by atoms with Gasteiger partial charge < -0.3 is 10.2 Å². The quantitative estimate of drug-likeness (QED) is 0.686. The first-order valence-electron chi connectivity index (χ1n) is 6.85. The van der Waals surface area contributed by atoms with Crippen LogP contribution < -0.4 is 5.32 Å². The number of nitrogens with zero attached hydrogens (tertiary/aromatic N) is 1. The molecule has 0 rings (SSSR count). The minimum Gasteiger partial charge on any atom is -0.314 e. The molecule has 1 N–H and O–H groups in total. The van der Waals surface area contributed by atoms with Crippen LogP contribution in [0.3, 0.4) is 0 Å². The summed E-state index contributed by atoms with van der Waals surface area (Å²) in [6.45, 7) is 14.8. The fourth-order valence-electron chi connectivity index (χ4n) is 2.02. The summed E-state index contributed by atoms with van der Waals surface area (Å²) in [5, 5.41) is 3.53. The highest BCUT2D eigenvalue weighted by Gasteiger charge is 2.20. The van der Waals surface area contributed by atoms with E-state index in [0.29, 0.717) is 24.0 Å². The zero-order valence-corrected chi connectivity index (χ0v) is 12.4. The van der Waals surface area contributed by atoms with Crippen molar-refractivity contribution in [1.82, 2.24) is 10.2 Å². The van der Waals surface area contributed by atoms with Crippen LogP contribution in [0.25, 0.3) is 0 Å². The fourth-order valence-corrected chi connectivity index (χ4v) is 2.02. The molecule has 16 heavy (non-hydrogen) atoms. The Morgan fingerprint density at radius 2 is 1.62 bits per heavy atom. The maximum Gasteiger partial charge on any atom is 0.0104 e. The molecule has 0 aliphatic carbocycles. The van der Waals surface area contributed by atoms with Crippen LogP contribution in [0.1, 0.15) is 54.4 Å². The number of rotatable bonds is 8. The Bertz CT molecular complexity index is 168. The van der Waals surface area contributed by atoms with Gasteiger partial charge in [0.1, 0.15) is 0 Å². The highest BCUT2D eigenvalue weighted by Crippen LogP contribution is 2.14. The van der Waals surface area contributed by atoms with Gasteiger partial charge in [0.25, 0.3) is 0 Å². The van der Waals surface area contributed by atoms with E-state index in [9.17, 15) is 0 Å². The normalized spacial score (nSPS) is 17.8. The van der Waals surface area contributed by atoms with Crippen LogP contribution >= 0.6 is 0 Å². The molecule has 0 aromatic rings. The zero-order chi connectivity index (χ0) is 12.7. The molecule has 0 aromatic carbocycles. The Morgan fingerprint density at radius 3 is 2.06 bits per heavy atom. The van der Waals surface area contributed by atoms with Crippen molar-refractivity contribution in [1.29, 1.82) is 0 Å². The van der Waals surface area contributed by atoms with Crippen molar-refractivity contribution < 1.29 is 0 Å². The number of nitrogens with one attached hydrogen (secondary N) is 1. The zero-order valence-electron chi connectivity index (χ0n) is 12.4. The first-order valence-corrected chi connectivity index (χ1v) is 6.85. The number of hydrogen-bond acceptors (Lipinski definition) is 2. The molecule has 0 aromatic heterocycles. The lowest BCUT2D eigenvalue weighted by Gasteiger charge is -2.35. The summed E-state index contributed by atoms with van der Waals surface area (Å²) >= 11 is 0. The van der Waals surface area contributed by atoms with Crippen LogP contribution in [0.4, 0.5) is 0 Å². The molecule has 0 saturated heterocycles. The van der Waals surface area contributed by atoms with E-state index < -0.39 is 0 Å². The van der Waals surface area contributed by atoms with Gasteiger partial charge in [0.05, 0.1) is 0 Å². The van der Waals surface area contributed by atoms with E-state index in [4.69, 9.17) is 0 Å². The van der Waals surface area contributed by atoms with Crippen LogP contribution in [-0.4, -0.2) is 36.6 Å². The molecule has 0 amide bonds. The van der Waals surface area contributed by atoms with Crippen molar-refractivity contribution in [2.24, 2.45) is 5.92 Å². The van der Waals surface area contributed by atoms with Gasteiger partial charge >= 0.3 is 0 Å². The molecule has 0 spiro atoms. The van der Waals surface area contributed by atoms with E-state index in [1.54, 1.807) is 0 Å². The molecule has 3 atom stereocenters. The summed E-state index contributed by atoms with van der Waals surface area (Å²) in [5.41, 5.74) is 0. The molecule has 3 unspecified atom stereocenters. The molecule has 0 radical (unpaired) electrons. The van der Waals surface area contributed by atoms with Gasteiger partial charge in [-0.15, -0.1) is 0 Å². The summed E-state index contributed by atoms with van der Waals surface area (Å²) < 4.78 is 0. The Kier molecular flexibility index (Phi) is 8.04. The van der Waals surface area contributed by atoms with Gasteiger partial charge in [-0.1, -0.05) is 34.1 Å². The summed E-state index contributed by atoms with van der Waals surface area (Å²) in [6, 6.07) is 1.93. The third-order valence-corrected chi connectivity index (χ3v) is 3.72. The summed E-state index contributed by atoms with van der Waals surface area (Å²) in [6.07, 6.45) is 2.57. The Morgan fingerprint density at radius 1 is 1.06 bits per heavy atom. The molecule has 2 heteroatoms. The van der Waals surface area contributed by atoms with Crippen LogP contribution in [0.5, 0.6) is 0 Å². The lowest BCUT2D eigenvalue weighted by Crippen LogP contribution is -2.44. The smallest absolute Gasteiger partial charge is 0.0104 e. The van der Waals surface area contributed by atoms with Crippen LogP contribution in [0.2, 0.25) is 0 Å². The van der Waals surface area contributed by atoms with E-state index in [0.717, 1.165) is 6.54 Å². The average Bonchev–Trinajstić information content (AvgIpc) is 2.23. The van der Waals surface area contributed by atoms with Gasteiger partial charge in [0.2, 0.25) is 0 Å². The summed E-state index contributed by atoms with van der Waals surface area (Å²) in [4.78, 5) is 2.52. The van der Waals surface area contributed by atoms with E-state index in [-0.39, 0.29) is 0 Å². The second-order valence-corrected chi connectivity index (χ2v) is 5.58. The number of hydrogen-bond donors (Lipinski definition) is 1. The van der Waals surface area contributed by atoms with Crippen molar-refractivity contribution in [2.75, 3.05) is 13.6 Å². The SMILES string of the molecule is CCCC(C)N(C)C(C)C(C)CNC(C)C. The molecular formula is C14H32N2. The van der Waals surface area contributed by atoms with Crippen molar-refractivity contribution in [3.63, 3.8) is 0 Å². The van der Waals surface area contributed by atoms with Crippen LogP contribution in [0, 0.1) is 5.92 Å². The van der Waals surface area contributed by atoms with Crippen molar-refractivity contribution in [3.05, 3.63) is 0 Å². The highest BCUT2D eigenvalue weighted by molar-refractivity contribution is 4.76. The molecule has 0 aliphatic heterocycles. The molecular weight excluding hydrogens is 196 g/mol. The second-order valence-electron chi connectivity index (χ2n) is 5.58. The topological polar surface area (TPSA) is 15.3 Å². The molecule has 2 nitrogen and oxygen atoms in total. The minimum absolute atomic E-state index is 0.591. The lowest BCUT2D eigenvalue weighted by atomic mass is 9.99. The van der Waals surface area contributed by atoms with Gasteiger partial charge in [-0.25, -0.2) is 0 Å². The summed E-state index contributed by atoms with van der Waals surface area (Å²) in [5.74, 6) is 0.701. The van der Waals surface area contributed by atoms with Gasteiger partial charge in [0.15, 0.2) is 0 Å². The van der Waals surface area contributed by atoms with Gasteiger partial charge in [-0.3, -0.25) is 0 Å². The Balaban J connectivity index is 4.04. The fraction of sp³-hybridized carbons (Fsp3) is 1.00. The Labute approximate surface area is 103 Å². The largest absolute Gasteiger partial charge is 0.314 e. The van der Waals surface area contributed by atoms with Crippen molar-refractivity contribution >= 4 is 0 Å². The van der Waals surface area contributed by atoms with Crippen molar-refractivity contribution in [2.45, 2.75) is 72.5 Å². The maximum atomic E-state index is 3.53. The predicted octanol–water partition coefficient (Wildman–Crippen LogP) is 3.13. The first kappa shape index (κ1) is 15.9. The predicted molar refractivity (Wildman–Crippen MR) is 73.9 cm³/mol. The van der Waals surface area contributed by atoms with Gasteiger partial charge in [0, 0.05) is 18.1 Å². The van der Waals surface area contributed by atoms with E-state index >= 15 is 0 Å². The van der Waals surface area contributed by atoms with E-state index in [1.165, 1.54) is 12.8 Å². The van der Waals surface area contributed by atoms with E-state index in [1.807, 2.05) is 0 Å². The third-order valence-electron chi connectivity index (χ3n) is 3.72. The standard InChI is InChI=1S/C14H32N2/c1-8-9-13(5)16(7)14(6)12(4)10-15-11(2)3/h11-15H,8-10H2,1-7H3. The van der Waals surface area contributed by atoms with Crippen molar-refractivity contribution in [3.8, 4) is 0 Å².